The Hall–Kier alpha value is -1.94. The maximum absolute atomic E-state index is 12.5. The monoisotopic (exact) mass is 329 g/mol. The fourth-order valence-corrected chi connectivity index (χ4v) is 3.03. The van der Waals surface area contributed by atoms with Gasteiger partial charge in [0.1, 0.15) is 5.75 Å². The molecule has 0 spiro atoms. The van der Waals surface area contributed by atoms with Gasteiger partial charge in [0.15, 0.2) is 0 Å². The molecule has 1 amide bonds. The quantitative estimate of drug-likeness (QED) is 0.856. The molecule has 122 valence electrons. The van der Waals surface area contributed by atoms with Gasteiger partial charge in [-0.1, -0.05) is 29.8 Å². The molecule has 0 aliphatic heterocycles. The van der Waals surface area contributed by atoms with E-state index in [4.69, 9.17) is 4.74 Å². The number of benzene rings is 2. The number of methoxy groups -OCH3 is 1. The van der Waals surface area contributed by atoms with Crippen molar-refractivity contribution in [3.63, 3.8) is 0 Å². The summed E-state index contributed by atoms with van der Waals surface area (Å²) in [7, 11) is 1.65. The van der Waals surface area contributed by atoms with Gasteiger partial charge in [-0.3, -0.25) is 4.79 Å². The second kappa shape index (κ2) is 8.06. The summed E-state index contributed by atoms with van der Waals surface area (Å²) in [6.45, 7) is 4.00. The number of ether oxygens (including phenoxy) is 1. The third-order valence-corrected chi connectivity index (χ3v) is 4.32. The van der Waals surface area contributed by atoms with E-state index in [1.807, 2.05) is 56.3 Å². The predicted molar refractivity (Wildman–Crippen MR) is 97.3 cm³/mol. The van der Waals surface area contributed by atoms with E-state index in [-0.39, 0.29) is 11.9 Å². The molecule has 0 bridgehead atoms. The molecule has 0 heterocycles. The van der Waals surface area contributed by atoms with Crippen molar-refractivity contribution in [2.24, 2.45) is 0 Å². The molecule has 23 heavy (non-hydrogen) atoms. The summed E-state index contributed by atoms with van der Waals surface area (Å²) in [4.78, 5) is 12.5. The van der Waals surface area contributed by atoms with Crippen molar-refractivity contribution < 1.29 is 9.53 Å². The van der Waals surface area contributed by atoms with E-state index >= 15 is 0 Å². The van der Waals surface area contributed by atoms with Gasteiger partial charge in [-0.05, 0) is 43.9 Å². The fraction of sp³-hybridized carbons (Fsp3) is 0.316. The van der Waals surface area contributed by atoms with E-state index in [0.717, 1.165) is 28.2 Å². The average Bonchev–Trinajstić information content (AvgIpc) is 2.55. The molecule has 0 saturated heterocycles. The SMILES string of the molecule is COc1ccc(C)cc1[C@H](C)NC(=O)c1cccc(CSC)c1. The van der Waals surface area contributed by atoms with Crippen LogP contribution in [0.3, 0.4) is 0 Å². The van der Waals surface area contributed by atoms with Crippen LogP contribution in [0, 0.1) is 6.92 Å². The summed E-state index contributed by atoms with van der Waals surface area (Å²) in [5, 5.41) is 3.06. The van der Waals surface area contributed by atoms with Gasteiger partial charge in [0.25, 0.3) is 5.91 Å². The standard InChI is InChI=1S/C19H23NO2S/c1-13-8-9-18(22-3)17(10-13)14(2)20-19(21)16-7-5-6-15(11-16)12-23-4/h5-11,14H,12H2,1-4H3,(H,20,21)/t14-/m0/s1. The molecule has 4 heteroatoms. The van der Waals surface area contributed by atoms with Crippen LogP contribution < -0.4 is 10.1 Å². The minimum atomic E-state index is -0.124. The fourth-order valence-electron chi connectivity index (χ4n) is 2.52. The number of thioether (sulfide) groups is 1. The highest BCUT2D eigenvalue weighted by Crippen LogP contribution is 2.26. The zero-order valence-electron chi connectivity index (χ0n) is 14.1. The predicted octanol–water partition coefficient (Wildman–Crippen LogP) is 4.36. The highest BCUT2D eigenvalue weighted by molar-refractivity contribution is 7.97. The van der Waals surface area contributed by atoms with E-state index in [9.17, 15) is 4.79 Å². The Morgan fingerprint density at radius 3 is 2.74 bits per heavy atom. The van der Waals surface area contributed by atoms with Crippen LogP contribution in [0.25, 0.3) is 0 Å². The summed E-state index contributed by atoms with van der Waals surface area (Å²) in [6.07, 6.45) is 2.05. The number of carbonyl (C=O) groups is 1. The normalized spacial score (nSPS) is 11.8. The number of hydrogen-bond acceptors (Lipinski definition) is 3. The minimum absolute atomic E-state index is 0.0657. The van der Waals surface area contributed by atoms with Crippen molar-refractivity contribution in [3.8, 4) is 5.75 Å². The molecule has 0 aromatic heterocycles. The van der Waals surface area contributed by atoms with E-state index in [1.165, 1.54) is 0 Å². The van der Waals surface area contributed by atoms with E-state index < -0.39 is 0 Å². The molecule has 1 N–H and O–H groups in total. The number of nitrogens with one attached hydrogen (secondary N) is 1. The molecule has 0 saturated carbocycles. The number of carbonyl (C=O) groups excluding carboxylic acids is 1. The summed E-state index contributed by atoms with van der Waals surface area (Å²) in [5.41, 5.74) is 3.98. The van der Waals surface area contributed by atoms with Crippen LogP contribution in [0.1, 0.15) is 40.0 Å². The van der Waals surface area contributed by atoms with Gasteiger partial charge in [-0.2, -0.15) is 11.8 Å². The van der Waals surface area contributed by atoms with E-state index in [0.29, 0.717) is 5.56 Å². The van der Waals surface area contributed by atoms with Crippen molar-refractivity contribution in [1.29, 1.82) is 0 Å². The van der Waals surface area contributed by atoms with Crippen LogP contribution in [-0.2, 0) is 5.75 Å². The third kappa shape index (κ3) is 4.52. The molecule has 0 fully saturated rings. The van der Waals surface area contributed by atoms with Crippen LogP contribution in [0.15, 0.2) is 42.5 Å². The van der Waals surface area contributed by atoms with Crippen molar-refractivity contribution in [2.75, 3.05) is 13.4 Å². The van der Waals surface area contributed by atoms with Gasteiger partial charge in [-0.15, -0.1) is 0 Å². The largest absolute Gasteiger partial charge is 0.496 e. The highest BCUT2D eigenvalue weighted by atomic mass is 32.2. The summed E-state index contributed by atoms with van der Waals surface area (Å²) in [5.74, 6) is 1.63. The Balaban J connectivity index is 2.16. The van der Waals surface area contributed by atoms with Crippen LogP contribution >= 0.6 is 11.8 Å². The van der Waals surface area contributed by atoms with Gasteiger partial charge in [0, 0.05) is 16.9 Å². The summed E-state index contributed by atoms with van der Waals surface area (Å²) < 4.78 is 5.41. The molecule has 2 rings (SSSR count). The van der Waals surface area contributed by atoms with Crippen LogP contribution in [-0.4, -0.2) is 19.3 Å². The molecule has 0 unspecified atom stereocenters. The zero-order chi connectivity index (χ0) is 16.8. The van der Waals surface area contributed by atoms with Gasteiger partial charge in [0.2, 0.25) is 0 Å². The maximum atomic E-state index is 12.5. The van der Waals surface area contributed by atoms with Gasteiger partial charge >= 0.3 is 0 Å². The van der Waals surface area contributed by atoms with Crippen molar-refractivity contribution in [2.45, 2.75) is 25.6 Å². The first-order chi connectivity index (χ1) is 11.0. The summed E-state index contributed by atoms with van der Waals surface area (Å²) >= 11 is 1.74. The Labute approximate surface area is 142 Å². The second-order valence-corrected chi connectivity index (χ2v) is 6.44. The van der Waals surface area contributed by atoms with Crippen molar-refractivity contribution >= 4 is 17.7 Å². The first-order valence-corrected chi connectivity index (χ1v) is 8.97. The third-order valence-electron chi connectivity index (χ3n) is 3.70. The van der Waals surface area contributed by atoms with E-state index in [1.54, 1.807) is 18.9 Å². The molecular formula is C19H23NO2S. The Morgan fingerprint density at radius 1 is 1.26 bits per heavy atom. The molecule has 0 aliphatic rings. The van der Waals surface area contributed by atoms with Gasteiger partial charge < -0.3 is 10.1 Å². The highest BCUT2D eigenvalue weighted by Gasteiger charge is 2.15. The Morgan fingerprint density at radius 2 is 2.04 bits per heavy atom. The lowest BCUT2D eigenvalue weighted by Gasteiger charge is -2.18. The van der Waals surface area contributed by atoms with Gasteiger partial charge in [0.05, 0.1) is 13.2 Å². The molecular weight excluding hydrogens is 306 g/mol. The molecule has 2 aromatic carbocycles. The molecule has 1 atom stereocenters. The maximum Gasteiger partial charge on any atom is 0.251 e. The Bertz CT molecular complexity index is 685. The van der Waals surface area contributed by atoms with E-state index in [2.05, 4.69) is 11.6 Å². The summed E-state index contributed by atoms with van der Waals surface area (Å²) in [6, 6.07) is 13.6. The number of amides is 1. The minimum Gasteiger partial charge on any atom is -0.496 e. The number of aryl methyl sites for hydroxylation is 1. The van der Waals surface area contributed by atoms with Crippen LogP contribution in [0.2, 0.25) is 0 Å². The van der Waals surface area contributed by atoms with Crippen molar-refractivity contribution in [3.05, 3.63) is 64.7 Å². The van der Waals surface area contributed by atoms with Crippen molar-refractivity contribution in [1.82, 2.24) is 5.32 Å². The zero-order valence-corrected chi connectivity index (χ0v) is 14.9. The second-order valence-electron chi connectivity index (χ2n) is 5.57. The first-order valence-electron chi connectivity index (χ1n) is 7.58. The van der Waals surface area contributed by atoms with Gasteiger partial charge in [-0.25, -0.2) is 0 Å². The van der Waals surface area contributed by atoms with Crippen LogP contribution in [0.5, 0.6) is 5.75 Å². The number of rotatable bonds is 6. The molecule has 0 radical (unpaired) electrons. The Kier molecular flexibility index (Phi) is 6.11. The lowest BCUT2D eigenvalue weighted by atomic mass is 10.0. The smallest absolute Gasteiger partial charge is 0.251 e. The lowest BCUT2D eigenvalue weighted by Crippen LogP contribution is -2.27. The molecule has 3 nitrogen and oxygen atoms in total. The lowest BCUT2D eigenvalue weighted by molar-refractivity contribution is 0.0939. The average molecular weight is 329 g/mol. The topological polar surface area (TPSA) is 38.3 Å². The van der Waals surface area contributed by atoms with Crippen LogP contribution in [0.4, 0.5) is 0 Å². The molecule has 0 aliphatic carbocycles. The number of hydrogen-bond donors (Lipinski definition) is 1. The first kappa shape index (κ1) is 17.4. The molecule has 2 aromatic rings.